The molecule has 2 heterocycles. The Hall–Kier alpha value is -1.14. The molecule has 21 heavy (non-hydrogen) atoms. The van der Waals surface area contributed by atoms with E-state index in [0.717, 1.165) is 25.9 Å². The maximum atomic E-state index is 12.3. The number of rotatable bonds is 4. The number of ether oxygens (including phenoxy) is 1. The number of aliphatic hydroxyl groups excluding tert-OH is 1. The second-order valence-electron chi connectivity index (χ2n) is 5.91. The highest BCUT2D eigenvalue weighted by molar-refractivity contribution is 5.79. The molecule has 2 rings (SSSR count). The van der Waals surface area contributed by atoms with Crippen LogP contribution in [0.25, 0.3) is 0 Å². The Kier molecular flexibility index (Phi) is 5.99. The summed E-state index contributed by atoms with van der Waals surface area (Å²) >= 11 is 0. The Morgan fingerprint density at radius 2 is 1.71 bits per heavy atom. The average Bonchev–Trinajstić information content (AvgIpc) is 2.50. The Balaban J connectivity index is 1.71. The smallest absolute Gasteiger partial charge is 0.309 e. The fourth-order valence-electron chi connectivity index (χ4n) is 2.99. The summed E-state index contributed by atoms with van der Waals surface area (Å²) in [4.78, 5) is 27.9. The quantitative estimate of drug-likeness (QED) is 0.753. The summed E-state index contributed by atoms with van der Waals surface area (Å²) in [5.74, 6) is -0.0533. The molecule has 2 saturated heterocycles. The van der Waals surface area contributed by atoms with Crippen LogP contribution in [0, 0.1) is 5.92 Å². The van der Waals surface area contributed by atoms with Crippen LogP contribution in [-0.4, -0.2) is 72.2 Å². The first-order valence-electron chi connectivity index (χ1n) is 7.95. The van der Waals surface area contributed by atoms with Crippen molar-refractivity contribution in [3.8, 4) is 0 Å². The summed E-state index contributed by atoms with van der Waals surface area (Å²) in [6, 6.07) is 0. The second kappa shape index (κ2) is 7.75. The zero-order chi connectivity index (χ0) is 15.2. The molecular formula is C15H26N2O4. The number of carbonyl (C=O) groups excluding carboxylic acids is 2. The number of aliphatic hydroxyl groups is 1. The van der Waals surface area contributed by atoms with Crippen molar-refractivity contribution < 1.29 is 19.4 Å². The van der Waals surface area contributed by atoms with Gasteiger partial charge in [0.25, 0.3) is 0 Å². The number of esters is 1. The minimum atomic E-state index is -0.211. The van der Waals surface area contributed by atoms with Gasteiger partial charge in [-0.25, -0.2) is 0 Å². The van der Waals surface area contributed by atoms with E-state index in [1.54, 1.807) is 0 Å². The maximum absolute atomic E-state index is 12.3. The van der Waals surface area contributed by atoms with Crippen LogP contribution < -0.4 is 0 Å². The van der Waals surface area contributed by atoms with Gasteiger partial charge >= 0.3 is 5.97 Å². The molecular weight excluding hydrogens is 272 g/mol. The summed E-state index contributed by atoms with van der Waals surface area (Å²) in [6.45, 7) is 5.50. The van der Waals surface area contributed by atoms with Gasteiger partial charge in [-0.3, -0.25) is 14.5 Å². The van der Waals surface area contributed by atoms with Gasteiger partial charge in [0.15, 0.2) is 0 Å². The molecule has 1 amide bonds. The van der Waals surface area contributed by atoms with E-state index in [2.05, 4.69) is 4.90 Å². The van der Waals surface area contributed by atoms with Crippen LogP contribution in [0.3, 0.4) is 0 Å². The van der Waals surface area contributed by atoms with Crippen molar-refractivity contribution in [3.63, 3.8) is 0 Å². The summed E-state index contributed by atoms with van der Waals surface area (Å²) in [6.07, 6.45) is 2.68. The zero-order valence-corrected chi connectivity index (χ0v) is 12.8. The van der Waals surface area contributed by atoms with Gasteiger partial charge < -0.3 is 14.7 Å². The van der Waals surface area contributed by atoms with Crippen LogP contribution in [0.1, 0.15) is 32.6 Å². The van der Waals surface area contributed by atoms with Crippen LogP contribution in [-0.2, 0) is 14.3 Å². The summed E-state index contributed by atoms with van der Waals surface area (Å²) in [7, 11) is 0. The van der Waals surface area contributed by atoms with E-state index in [-0.39, 0.29) is 23.9 Å². The molecule has 6 nitrogen and oxygen atoms in total. The SMILES string of the molecule is CCOC(=O)C1CCN(C(=O)CN2CCC(O)CC2)CC1. The van der Waals surface area contributed by atoms with Gasteiger partial charge in [-0.1, -0.05) is 0 Å². The van der Waals surface area contributed by atoms with E-state index in [1.807, 2.05) is 11.8 Å². The first-order valence-corrected chi connectivity index (χ1v) is 7.95. The minimum absolute atomic E-state index is 0.0564. The number of hydrogen-bond donors (Lipinski definition) is 1. The molecule has 2 aliphatic rings. The van der Waals surface area contributed by atoms with Gasteiger partial charge in [-0.15, -0.1) is 0 Å². The molecule has 120 valence electrons. The molecule has 0 radical (unpaired) electrons. The summed E-state index contributed by atoms with van der Waals surface area (Å²) in [5.41, 5.74) is 0. The molecule has 0 aromatic carbocycles. The van der Waals surface area contributed by atoms with E-state index in [9.17, 15) is 14.7 Å². The fraction of sp³-hybridized carbons (Fsp3) is 0.867. The van der Waals surface area contributed by atoms with E-state index < -0.39 is 0 Å². The summed E-state index contributed by atoms with van der Waals surface area (Å²) in [5, 5.41) is 9.47. The van der Waals surface area contributed by atoms with Crippen molar-refractivity contribution in [1.82, 2.24) is 9.80 Å². The topological polar surface area (TPSA) is 70.1 Å². The van der Waals surface area contributed by atoms with Gasteiger partial charge in [0.2, 0.25) is 5.91 Å². The van der Waals surface area contributed by atoms with Crippen LogP contribution in [0.4, 0.5) is 0 Å². The third-order valence-electron chi connectivity index (χ3n) is 4.38. The minimum Gasteiger partial charge on any atom is -0.466 e. The van der Waals surface area contributed by atoms with Crippen LogP contribution in [0.2, 0.25) is 0 Å². The maximum Gasteiger partial charge on any atom is 0.309 e. The van der Waals surface area contributed by atoms with Crippen molar-refractivity contribution in [2.45, 2.75) is 38.7 Å². The molecule has 0 saturated carbocycles. The van der Waals surface area contributed by atoms with E-state index in [0.29, 0.717) is 39.1 Å². The highest BCUT2D eigenvalue weighted by Gasteiger charge is 2.29. The number of likely N-dealkylation sites (tertiary alicyclic amines) is 2. The van der Waals surface area contributed by atoms with E-state index >= 15 is 0 Å². The first kappa shape index (κ1) is 16.2. The number of amides is 1. The van der Waals surface area contributed by atoms with Gasteiger partial charge in [-0.05, 0) is 32.6 Å². The largest absolute Gasteiger partial charge is 0.466 e. The Morgan fingerprint density at radius 1 is 1.10 bits per heavy atom. The van der Waals surface area contributed by atoms with Crippen LogP contribution >= 0.6 is 0 Å². The number of nitrogens with zero attached hydrogens (tertiary/aromatic N) is 2. The molecule has 2 fully saturated rings. The lowest BCUT2D eigenvalue weighted by atomic mass is 9.97. The third-order valence-corrected chi connectivity index (χ3v) is 4.38. The van der Waals surface area contributed by atoms with Crippen molar-refractivity contribution in [2.24, 2.45) is 5.92 Å². The first-order chi connectivity index (χ1) is 10.1. The lowest BCUT2D eigenvalue weighted by Crippen LogP contribution is -2.47. The number of hydrogen-bond acceptors (Lipinski definition) is 5. The van der Waals surface area contributed by atoms with Crippen molar-refractivity contribution in [2.75, 3.05) is 39.3 Å². The van der Waals surface area contributed by atoms with Gasteiger partial charge in [0.05, 0.1) is 25.2 Å². The van der Waals surface area contributed by atoms with E-state index in [1.165, 1.54) is 0 Å². The van der Waals surface area contributed by atoms with Gasteiger partial charge in [-0.2, -0.15) is 0 Å². The molecule has 2 aliphatic heterocycles. The Morgan fingerprint density at radius 3 is 2.29 bits per heavy atom. The molecule has 0 bridgehead atoms. The fourth-order valence-corrected chi connectivity index (χ4v) is 2.99. The average molecular weight is 298 g/mol. The predicted octanol–water partition coefficient (Wildman–Crippen LogP) is 0.245. The van der Waals surface area contributed by atoms with E-state index in [4.69, 9.17) is 4.74 Å². The monoisotopic (exact) mass is 298 g/mol. The number of piperidine rings is 2. The molecule has 0 aromatic rings. The highest BCUT2D eigenvalue weighted by atomic mass is 16.5. The number of carbonyl (C=O) groups is 2. The lowest BCUT2D eigenvalue weighted by Gasteiger charge is -2.34. The molecule has 0 aromatic heterocycles. The third kappa shape index (κ3) is 4.68. The zero-order valence-electron chi connectivity index (χ0n) is 12.8. The standard InChI is InChI=1S/C15H26N2O4/c1-2-21-15(20)12-3-9-17(10-4-12)14(19)11-16-7-5-13(18)6-8-16/h12-13,18H,2-11H2,1H3. The normalized spacial score (nSPS) is 22.3. The molecule has 0 atom stereocenters. The molecule has 0 spiro atoms. The summed E-state index contributed by atoms with van der Waals surface area (Å²) < 4.78 is 5.03. The van der Waals surface area contributed by atoms with Crippen LogP contribution in [0.15, 0.2) is 0 Å². The lowest BCUT2D eigenvalue weighted by molar-refractivity contribution is -0.151. The predicted molar refractivity (Wildman–Crippen MR) is 77.6 cm³/mol. The molecule has 1 N–H and O–H groups in total. The van der Waals surface area contributed by atoms with Crippen molar-refractivity contribution >= 4 is 11.9 Å². The van der Waals surface area contributed by atoms with Crippen molar-refractivity contribution in [3.05, 3.63) is 0 Å². The Labute approximate surface area is 126 Å². The van der Waals surface area contributed by atoms with Gasteiger partial charge in [0, 0.05) is 26.2 Å². The molecule has 0 unspecified atom stereocenters. The molecule has 0 aliphatic carbocycles. The second-order valence-corrected chi connectivity index (χ2v) is 5.91. The molecule has 6 heteroatoms. The highest BCUT2D eigenvalue weighted by Crippen LogP contribution is 2.19. The van der Waals surface area contributed by atoms with Crippen molar-refractivity contribution in [1.29, 1.82) is 0 Å². The van der Waals surface area contributed by atoms with Gasteiger partial charge in [0.1, 0.15) is 0 Å². The van der Waals surface area contributed by atoms with Crippen LogP contribution in [0.5, 0.6) is 0 Å². The Bertz CT molecular complexity index is 359.